The normalized spacial score (nSPS) is 40.2. The Morgan fingerprint density at radius 1 is 1.05 bits per heavy atom. The SMILES string of the molecule is CCc1ccc(CC(N)C2C3CC4CC(C3)CC2C4)s1. The number of aryl methyl sites for hydroxylation is 1. The molecule has 0 aromatic carbocycles. The molecule has 4 bridgehead atoms. The van der Waals surface area contributed by atoms with Gasteiger partial charge in [-0.25, -0.2) is 0 Å². The topological polar surface area (TPSA) is 26.0 Å². The minimum absolute atomic E-state index is 0.411. The van der Waals surface area contributed by atoms with Crippen LogP contribution < -0.4 is 5.73 Å². The Morgan fingerprint density at radius 3 is 2.20 bits per heavy atom. The molecule has 1 heterocycles. The van der Waals surface area contributed by atoms with Crippen molar-refractivity contribution in [3.05, 3.63) is 21.9 Å². The van der Waals surface area contributed by atoms with E-state index < -0.39 is 0 Å². The van der Waals surface area contributed by atoms with Gasteiger partial charge in [0.1, 0.15) is 0 Å². The highest BCUT2D eigenvalue weighted by Gasteiger charge is 2.49. The van der Waals surface area contributed by atoms with Crippen molar-refractivity contribution in [3.8, 4) is 0 Å². The Bertz CT molecular complexity index is 450. The van der Waals surface area contributed by atoms with Gasteiger partial charge in [0.2, 0.25) is 0 Å². The van der Waals surface area contributed by atoms with Crippen molar-refractivity contribution < 1.29 is 0 Å². The Kier molecular flexibility index (Phi) is 3.42. The summed E-state index contributed by atoms with van der Waals surface area (Å²) in [5, 5.41) is 0. The van der Waals surface area contributed by atoms with Crippen molar-refractivity contribution in [1.82, 2.24) is 0 Å². The molecule has 1 nitrogen and oxygen atoms in total. The molecule has 110 valence electrons. The van der Waals surface area contributed by atoms with E-state index in [1.54, 1.807) is 6.42 Å². The Labute approximate surface area is 127 Å². The van der Waals surface area contributed by atoms with Crippen LogP contribution in [0.5, 0.6) is 0 Å². The van der Waals surface area contributed by atoms with Crippen LogP contribution in [0.25, 0.3) is 0 Å². The third-order valence-corrected chi connectivity index (χ3v) is 7.55. The minimum Gasteiger partial charge on any atom is -0.327 e. The van der Waals surface area contributed by atoms with Crippen molar-refractivity contribution in [2.75, 3.05) is 0 Å². The molecule has 1 aromatic heterocycles. The summed E-state index contributed by atoms with van der Waals surface area (Å²) in [4.78, 5) is 3.03. The van der Waals surface area contributed by atoms with Gasteiger partial charge in [0.05, 0.1) is 0 Å². The summed E-state index contributed by atoms with van der Waals surface area (Å²) in [6.45, 7) is 2.24. The number of nitrogens with two attached hydrogens (primary N) is 1. The molecule has 0 saturated heterocycles. The van der Waals surface area contributed by atoms with Crippen LogP contribution in [-0.2, 0) is 12.8 Å². The summed E-state index contributed by atoms with van der Waals surface area (Å²) in [6, 6.07) is 5.02. The first kappa shape index (κ1) is 13.3. The fourth-order valence-electron chi connectivity index (χ4n) is 5.76. The zero-order valence-electron chi connectivity index (χ0n) is 12.6. The molecule has 0 radical (unpaired) electrons. The molecule has 1 aromatic rings. The smallest absolute Gasteiger partial charge is 0.0121 e. The van der Waals surface area contributed by atoms with Crippen molar-refractivity contribution in [3.63, 3.8) is 0 Å². The van der Waals surface area contributed by atoms with E-state index in [1.165, 1.54) is 35.4 Å². The lowest BCUT2D eigenvalue weighted by atomic mass is 9.50. The molecule has 4 aliphatic carbocycles. The average Bonchev–Trinajstić information content (AvgIpc) is 2.85. The van der Waals surface area contributed by atoms with Gasteiger partial charge < -0.3 is 5.73 Å². The minimum atomic E-state index is 0.411. The van der Waals surface area contributed by atoms with Gasteiger partial charge in [0.15, 0.2) is 0 Å². The Balaban J connectivity index is 1.47. The molecule has 0 amide bonds. The summed E-state index contributed by atoms with van der Waals surface area (Å²) in [6.07, 6.45) is 9.81. The van der Waals surface area contributed by atoms with Crippen LogP contribution in [0.2, 0.25) is 0 Å². The van der Waals surface area contributed by atoms with Gasteiger partial charge in [-0.15, -0.1) is 11.3 Å². The summed E-state index contributed by atoms with van der Waals surface area (Å²) in [7, 11) is 0. The second kappa shape index (κ2) is 5.14. The number of hydrogen-bond donors (Lipinski definition) is 1. The van der Waals surface area contributed by atoms with E-state index >= 15 is 0 Å². The van der Waals surface area contributed by atoms with Crippen LogP contribution in [0.4, 0.5) is 0 Å². The van der Waals surface area contributed by atoms with Crippen LogP contribution in [0.3, 0.4) is 0 Å². The highest BCUT2D eigenvalue weighted by Crippen LogP contribution is 2.57. The van der Waals surface area contributed by atoms with Crippen molar-refractivity contribution >= 4 is 11.3 Å². The summed E-state index contributed by atoms with van der Waals surface area (Å²) in [5.41, 5.74) is 6.69. The number of hydrogen-bond acceptors (Lipinski definition) is 2. The van der Waals surface area contributed by atoms with Crippen LogP contribution in [-0.4, -0.2) is 6.04 Å². The third-order valence-electron chi connectivity index (χ3n) is 6.30. The second-order valence-corrected chi connectivity index (χ2v) is 8.85. The van der Waals surface area contributed by atoms with E-state index in [0.717, 1.165) is 42.4 Å². The van der Waals surface area contributed by atoms with E-state index in [-0.39, 0.29) is 0 Å². The molecular weight excluding hydrogens is 262 g/mol. The molecule has 0 aliphatic heterocycles. The molecule has 4 aliphatic rings. The highest BCUT2D eigenvalue weighted by molar-refractivity contribution is 7.11. The predicted molar refractivity (Wildman–Crippen MR) is 85.9 cm³/mol. The Morgan fingerprint density at radius 2 is 1.65 bits per heavy atom. The first-order valence-corrected chi connectivity index (χ1v) is 9.37. The molecule has 1 atom stereocenters. The van der Waals surface area contributed by atoms with Crippen LogP contribution in [0.1, 0.15) is 48.8 Å². The standard InChI is InChI=1S/C18H27NS/c1-2-15-3-4-16(20-15)10-17(19)18-13-6-11-5-12(8-13)9-14(18)7-11/h3-4,11-14,17-18H,2,5-10,19H2,1H3. The summed E-state index contributed by atoms with van der Waals surface area (Å²) >= 11 is 1.98. The average molecular weight is 289 g/mol. The molecule has 20 heavy (non-hydrogen) atoms. The number of thiophene rings is 1. The maximum atomic E-state index is 6.69. The molecule has 0 spiro atoms. The first-order chi connectivity index (χ1) is 9.72. The lowest BCUT2D eigenvalue weighted by Gasteiger charge is -2.56. The molecule has 2 N–H and O–H groups in total. The van der Waals surface area contributed by atoms with Gasteiger partial charge >= 0.3 is 0 Å². The van der Waals surface area contributed by atoms with E-state index in [0.29, 0.717) is 6.04 Å². The van der Waals surface area contributed by atoms with E-state index in [2.05, 4.69) is 19.1 Å². The van der Waals surface area contributed by atoms with Gasteiger partial charge in [0.25, 0.3) is 0 Å². The third kappa shape index (κ3) is 2.25. The second-order valence-electron chi connectivity index (χ2n) is 7.60. The van der Waals surface area contributed by atoms with Crippen LogP contribution in [0, 0.1) is 29.6 Å². The summed E-state index contributed by atoms with van der Waals surface area (Å²) in [5.74, 6) is 4.89. The maximum Gasteiger partial charge on any atom is 0.0121 e. The van der Waals surface area contributed by atoms with E-state index in [1.807, 2.05) is 11.3 Å². The molecular formula is C18H27NS. The lowest BCUT2D eigenvalue weighted by molar-refractivity contribution is -0.0464. The summed E-state index contributed by atoms with van der Waals surface area (Å²) < 4.78 is 0. The molecule has 1 unspecified atom stereocenters. The predicted octanol–water partition coefficient (Wildman–Crippen LogP) is 4.25. The van der Waals surface area contributed by atoms with Crippen molar-refractivity contribution in [1.29, 1.82) is 0 Å². The van der Waals surface area contributed by atoms with Crippen molar-refractivity contribution in [2.24, 2.45) is 35.3 Å². The fraction of sp³-hybridized carbons (Fsp3) is 0.778. The monoisotopic (exact) mass is 289 g/mol. The van der Waals surface area contributed by atoms with E-state index in [9.17, 15) is 0 Å². The maximum absolute atomic E-state index is 6.69. The van der Waals surface area contributed by atoms with Crippen LogP contribution in [0.15, 0.2) is 12.1 Å². The highest BCUT2D eigenvalue weighted by atomic mass is 32.1. The fourth-order valence-corrected chi connectivity index (χ4v) is 6.79. The zero-order valence-corrected chi connectivity index (χ0v) is 13.4. The van der Waals surface area contributed by atoms with Gasteiger partial charge in [-0.3, -0.25) is 0 Å². The first-order valence-electron chi connectivity index (χ1n) is 8.56. The van der Waals surface area contributed by atoms with Crippen molar-refractivity contribution in [2.45, 2.75) is 57.9 Å². The largest absolute Gasteiger partial charge is 0.327 e. The van der Waals surface area contributed by atoms with Gasteiger partial charge in [-0.2, -0.15) is 0 Å². The number of rotatable bonds is 4. The molecule has 2 heteroatoms. The molecule has 4 fully saturated rings. The van der Waals surface area contributed by atoms with Gasteiger partial charge in [-0.1, -0.05) is 6.92 Å². The van der Waals surface area contributed by atoms with Crippen LogP contribution >= 0.6 is 11.3 Å². The quantitative estimate of drug-likeness (QED) is 0.881. The van der Waals surface area contributed by atoms with Gasteiger partial charge in [0, 0.05) is 15.8 Å². The molecule has 4 saturated carbocycles. The lowest BCUT2D eigenvalue weighted by Crippen LogP contribution is -2.52. The molecule has 5 rings (SSSR count). The van der Waals surface area contributed by atoms with E-state index in [4.69, 9.17) is 5.73 Å². The Hall–Kier alpha value is -0.340. The van der Waals surface area contributed by atoms with Gasteiger partial charge in [-0.05, 0) is 86.7 Å². The zero-order chi connectivity index (χ0) is 13.7.